The van der Waals surface area contributed by atoms with Crippen molar-refractivity contribution in [1.29, 1.82) is 0 Å². The number of aliphatic hydroxyl groups excluding tert-OH is 1. The van der Waals surface area contributed by atoms with E-state index < -0.39 is 0 Å². The number of hydrogen-bond donors (Lipinski definition) is 2. The molecule has 0 heterocycles. The Morgan fingerprint density at radius 3 is 2.88 bits per heavy atom. The van der Waals surface area contributed by atoms with Gasteiger partial charge < -0.3 is 15.2 Å². The molecule has 0 unspecified atom stereocenters. The van der Waals surface area contributed by atoms with Gasteiger partial charge in [0.2, 0.25) is 0 Å². The van der Waals surface area contributed by atoms with Gasteiger partial charge >= 0.3 is 0 Å². The first-order valence-corrected chi connectivity index (χ1v) is 5.44. The number of aliphatic hydroxyl groups is 1. The van der Waals surface area contributed by atoms with E-state index in [-0.39, 0.29) is 12.4 Å². The number of hydrogen-bond acceptors (Lipinski definition) is 3. The highest BCUT2D eigenvalue weighted by molar-refractivity contribution is 5.33. The lowest BCUT2D eigenvalue weighted by Crippen LogP contribution is -2.08. The van der Waals surface area contributed by atoms with Crippen LogP contribution in [0.15, 0.2) is 18.2 Å². The van der Waals surface area contributed by atoms with Gasteiger partial charge in [0.25, 0.3) is 0 Å². The Kier molecular flexibility index (Phi) is 5.82. The van der Waals surface area contributed by atoms with E-state index in [0.29, 0.717) is 18.9 Å². The van der Waals surface area contributed by atoms with Crippen LogP contribution in [0.25, 0.3) is 0 Å². The molecule has 0 spiro atoms. The summed E-state index contributed by atoms with van der Waals surface area (Å²) in [5, 5.41) is 11.6. The highest BCUT2D eigenvalue weighted by Crippen LogP contribution is 2.19. The monoisotopic (exact) mass is 227 g/mol. The molecule has 0 aliphatic heterocycles. The lowest BCUT2D eigenvalue weighted by Gasteiger charge is -2.11. The number of nitrogens with one attached hydrogen (secondary N) is 1. The maximum absolute atomic E-state index is 13.0. The number of halogens is 1. The molecule has 16 heavy (non-hydrogen) atoms. The predicted octanol–water partition coefficient (Wildman–Crippen LogP) is 1.70. The molecule has 0 saturated heterocycles. The number of unbranched alkanes of at least 4 members (excludes halogenated alkanes) is 1. The van der Waals surface area contributed by atoms with E-state index in [1.807, 2.05) is 0 Å². The van der Waals surface area contributed by atoms with Crippen molar-refractivity contribution in [2.45, 2.75) is 19.4 Å². The van der Waals surface area contributed by atoms with Crippen molar-refractivity contribution < 1.29 is 14.2 Å². The van der Waals surface area contributed by atoms with Gasteiger partial charge in [0.1, 0.15) is 11.6 Å². The van der Waals surface area contributed by atoms with E-state index in [9.17, 15) is 4.39 Å². The van der Waals surface area contributed by atoms with E-state index in [0.717, 1.165) is 18.4 Å². The van der Waals surface area contributed by atoms with Crippen LogP contribution in [0.4, 0.5) is 4.39 Å². The molecule has 0 aromatic heterocycles. The van der Waals surface area contributed by atoms with Crippen LogP contribution < -0.4 is 10.1 Å². The summed E-state index contributed by atoms with van der Waals surface area (Å²) < 4.78 is 18.5. The van der Waals surface area contributed by atoms with Crippen LogP contribution in [0.3, 0.4) is 0 Å². The van der Waals surface area contributed by atoms with Gasteiger partial charge in [-0.15, -0.1) is 0 Å². The highest BCUT2D eigenvalue weighted by Gasteiger charge is 2.04. The SMILES string of the molecule is CNCc1cc(F)ccc1OCCCCO. The summed E-state index contributed by atoms with van der Waals surface area (Å²) in [5.41, 5.74) is 0.812. The van der Waals surface area contributed by atoms with Gasteiger partial charge in [-0.2, -0.15) is 0 Å². The molecule has 0 radical (unpaired) electrons. The van der Waals surface area contributed by atoms with Crippen LogP contribution in [-0.2, 0) is 6.54 Å². The van der Waals surface area contributed by atoms with Crippen LogP contribution in [0.1, 0.15) is 18.4 Å². The lowest BCUT2D eigenvalue weighted by molar-refractivity contribution is 0.252. The molecule has 0 saturated carbocycles. The van der Waals surface area contributed by atoms with Gasteiger partial charge in [-0.05, 0) is 38.1 Å². The Bertz CT molecular complexity index is 318. The Hall–Kier alpha value is -1.13. The smallest absolute Gasteiger partial charge is 0.123 e. The molecule has 0 aliphatic carbocycles. The Labute approximate surface area is 95.2 Å². The van der Waals surface area contributed by atoms with Crippen molar-refractivity contribution in [2.75, 3.05) is 20.3 Å². The molecule has 4 heteroatoms. The quantitative estimate of drug-likeness (QED) is 0.697. The summed E-state index contributed by atoms with van der Waals surface area (Å²) in [7, 11) is 1.81. The molecule has 1 aromatic carbocycles. The van der Waals surface area contributed by atoms with Crippen molar-refractivity contribution in [2.24, 2.45) is 0 Å². The van der Waals surface area contributed by atoms with E-state index in [4.69, 9.17) is 9.84 Å². The van der Waals surface area contributed by atoms with Gasteiger partial charge in [0, 0.05) is 18.7 Å². The van der Waals surface area contributed by atoms with Crippen LogP contribution in [0.5, 0.6) is 5.75 Å². The Balaban J connectivity index is 2.56. The molecule has 0 atom stereocenters. The maximum atomic E-state index is 13.0. The first kappa shape index (κ1) is 12.9. The first-order valence-electron chi connectivity index (χ1n) is 5.44. The molecule has 90 valence electrons. The minimum absolute atomic E-state index is 0.177. The zero-order valence-corrected chi connectivity index (χ0v) is 9.50. The van der Waals surface area contributed by atoms with Crippen LogP contribution in [0.2, 0.25) is 0 Å². The lowest BCUT2D eigenvalue weighted by atomic mass is 10.2. The second kappa shape index (κ2) is 7.19. The molecule has 1 aromatic rings. The summed E-state index contributed by atoms with van der Waals surface area (Å²) in [4.78, 5) is 0. The average molecular weight is 227 g/mol. The molecule has 0 fully saturated rings. The van der Waals surface area contributed by atoms with Crippen molar-refractivity contribution in [3.05, 3.63) is 29.6 Å². The second-order valence-corrected chi connectivity index (χ2v) is 3.56. The summed E-state index contributed by atoms with van der Waals surface area (Å²) >= 11 is 0. The largest absolute Gasteiger partial charge is 0.493 e. The van der Waals surface area contributed by atoms with Crippen LogP contribution in [-0.4, -0.2) is 25.4 Å². The van der Waals surface area contributed by atoms with Crippen molar-refractivity contribution in [3.63, 3.8) is 0 Å². The van der Waals surface area contributed by atoms with Gasteiger partial charge in [-0.3, -0.25) is 0 Å². The zero-order valence-electron chi connectivity index (χ0n) is 9.50. The number of ether oxygens (including phenoxy) is 1. The van der Waals surface area contributed by atoms with Crippen molar-refractivity contribution in [3.8, 4) is 5.75 Å². The average Bonchev–Trinajstić information content (AvgIpc) is 2.27. The third-order valence-electron chi connectivity index (χ3n) is 2.20. The van der Waals surface area contributed by atoms with Crippen molar-refractivity contribution in [1.82, 2.24) is 5.32 Å². The predicted molar refractivity (Wildman–Crippen MR) is 61.0 cm³/mol. The van der Waals surface area contributed by atoms with Gasteiger partial charge in [-0.1, -0.05) is 0 Å². The minimum atomic E-state index is -0.257. The molecule has 1 rings (SSSR count). The van der Waals surface area contributed by atoms with Gasteiger partial charge in [0.15, 0.2) is 0 Å². The Morgan fingerprint density at radius 1 is 1.38 bits per heavy atom. The second-order valence-electron chi connectivity index (χ2n) is 3.56. The van der Waals surface area contributed by atoms with E-state index in [1.165, 1.54) is 12.1 Å². The topological polar surface area (TPSA) is 41.5 Å². The molecule has 0 amide bonds. The molecule has 2 N–H and O–H groups in total. The minimum Gasteiger partial charge on any atom is -0.493 e. The fourth-order valence-corrected chi connectivity index (χ4v) is 1.41. The van der Waals surface area contributed by atoms with Crippen molar-refractivity contribution >= 4 is 0 Å². The molecule has 3 nitrogen and oxygen atoms in total. The molecule has 0 bridgehead atoms. The van der Waals surface area contributed by atoms with E-state index >= 15 is 0 Å². The van der Waals surface area contributed by atoms with Crippen LogP contribution >= 0.6 is 0 Å². The standard InChI is InChI=1S/C12H18FNO2/c1-14-9-10-8-11(13)4-5-12(10)16-7-3-2-6-15/h4-5,8,14-15H,2-3,6-7,9H2,1H3. The number of benzene rings is 1. The van der Waals surface area contributed by atoms with Gasteiger partial charge in [0.05, 0.1) is 6.61 Å². The molecular formula is C12H18FNO2. The third-order valence-corrected chi connectivity index (χ3v) is 2.20. The fourth-order valence-electron chi connectivity index (χ4n) is 1.41. The third kappa shape index (κ3) is 4.16. The summed E-state index contributed by atoms with van der Waals surface area (Å²) in [6.45, 7) is 1.30. The Morgan fingerprint density at radius 2 is 2.19 bits per heavy atom. The van der Waals surface area contributed by atoms with E-state index in [2.05, 4.69) is 5.32 Å². The summed E-state index contributed by atoms with van der Waals surface area (Å²) in [6, 6.07) is 4.50. The molecular weight excluding hydrogens is 209 g/mol. The number of rotatable bonds is 7. The molecule has 0 aliphatic rings. The van der Waals surface area contributed by atoms with Gasteiger partial charge in [-0.25, -0.2) is 4.39 Å². The first-order chi connectivity index (χ1) is 7.77. The fraction of sp³-hybridized carbons (Fsp3) is 0.500. The van der Waals surface area contributed by atoms with Crippen LogP contribution in [0, 0.1) is 5.82 Å². The summed E-state index contributed by atoms with van der Waals surface area (Å²) in [6.07, 6.45) is 1.52. The highest BCUT2D eigenvalue weighted by atomic mass is 19.1. The normalized spacial score (nSPS) is 10.4. The zero-order chi connectivity index (χ0) is 11.8. The van der Waals surface area contributed by atoms with E-state index in [1.54, 1.807) is 13.1 Å². The summed E-state index contributed by atoms with van der Waals surface area (Å²) in [5.74, 6) is 0.446. The maximum Gasteiger partial charge on any atom is 0.123 e.